The summed E-state index contributed by atoms with van der Waals surface area (Å²) in [5.74, 6) is 0.951. The van der Waals surface area contributed by atoms with Gasteiger partial charge >= 0.3 is 27.7 Å². The molecule has 194 valence electrons. The van der Waals surface area contributed by atoms with Crippen molar-refractivity contribution in [3.8, 4) is 6.07 Å². The number of nitriles is 1. The summed E-state index contributed by atoms with van der Waals surface area (Å²) in [6.45, 7) is 1.43. The average molecular weight is 632 g/mol. The van der Waals surface area contributed by atoms with Crippen molar-refractivity contribution in [3.05, 3.63) is 126 Å². The second-order valence-electron chi connectivity index (χ2n) is 7.28. The summed E-state index contributed by atoms with van der Waals surface area (Å²) in [5, 5.41) is 10.2. The van der Waals surface area contributed by atoms with E-state index in [9.17, 15) is 17.3 Å². The molecular weight excluding hydrogens is 607 g/mol. The van der Waals surface area contributed by atoms with Crippen LogP contribution in [0.25, 0.3) is 0 Å². The minimum absolute atomic E-state index is 0. The Morgan fingerprint density at radius 2 is 1.14 bits per heavy atom. The van der Waals surface area contributed by atoms with Gasteiger partial charge in [-0.2, -0.15) is 40.7 Å². The minimum Gasteiger partial charge on any atom is -0.418 e. The predicted molar refractivity (Wildman–Crippen MR) is 146 cm³/mol. The Bertz CT molecular complexity index is 1150. The number of nitrogens with zero attached hydrogens (tertiary/aromatic N) is 1. The SMILES string of the molecule is CC#N.F[B-](F)(F)F.[Pd+2].[c-]1c(CSc2ccccc2)cccc1CP(c1ccccc1)c1ccccc1. The molecule has 0 radical (unpaired) electrons. The number of benzene rings is 4. The molecule has 4 rings (SSSR count). The van der Waals surface area contributed by atoms with Gasteiger partial charge < -0.3 is 17.3 Å². The van der Waals surface area contributed by atoms with E-state index in [2.05, 4.69) is 115 Å². The van der Waals surface area contributed by atoms with Gasteiger partial charge in [-0.1, -0.05) is 78.9 Å². The zero-order valence-electron chi connectivity index (χ0n) is 20.0. The molecule has 0 N–H and O–H groups in total. The maximum absolute atomic E-state index is 9.75. The molecule has 0 heterocycles. The molecule has 0 atom stereocenters. The van der Waals surface area contributed by atoms with Gasteiger partial charge in [0.25, 0.3) is 0 Å². The minimum atomic E-state index is -6.00. The van der Waals surface area contributed by atoms with E-state index in [1.54, 1.807) is 6.07 Å². The molecule has 0 aliphatic heterocycles. The summed E-state index contributed by atoms with van der Waals surface area (Å²) in [7, 11) is -6.43. The molecule has 0 bridgehead atoms. The van der Waals surface area contributed by atoms with Gasteiger partial charge in [0.15, 0.2) is 0 Å². The Labute approximate surface area is 235 Å². The molecule has 1 nitrogen and oxygen atoms in total. The Morgan fingerprint density at radius 1 is 0.730 bits per heavy atom. The van der Waals surface area contributed by atoms with Crippen LogP contribution < -0.4 is 10.6 Å². The molecule has 0 saturated carbocycles. The number of hydrogen-bond donors (Lipinski definition) is 0. The van der Waals surface area contributed by atoms with Crippen molar-refractivity contribution in [2.24, 2.45) is 0 Å². The molecule has 0 saturated heterocycles. The molecule has 0 fully saturated rings. The van der Waals surface area contributed by atoms with E-state index >= 15 is 0 Å². The Morgan fingerprint density at radius 3 is 1.59 bits per heavy atom. The number of rotatable bonds is 7. The Kier molecular flexibility index (Phi) is 15.8. The molecule has 0 aliphatic rings. The van der Waals surface area contributed by atoms with Crippen molar-refractivity contribution in [1.29, 1.82) is 5.26 Å². The molecule has 4 aromatic rings. The van der Waals surface area contributed by atoms with Crippen LogP contribution in [0.15, 0.2) is 114 Å². The van der Waals surface area contributed by atoms with Crippen LogP contribution in [-0.4, -0.2) is 7.25 Å². The Hall–Kier alpha value is -2.40. The van der Waals surface area contributed by atoms with Gasteiger partial charge in [-0.3, -0.25) is 0 Å². The molecule has 4 aromatic carbocycles. The third kappa shape index (κ3) is 14.2. The van der Waals surface area contributed by atoms with Crippen LogP contribution in [0.4, 0.5) is 17.3 Å². The zero-order valence-corrected chi connectivity index (χ0v) is 23.3. The van der Waals surface area contributed by atoms with Gasteiger partial charge in [0.2, 0.25) is 0 Å². The summed E-state index contributed by atoms with van der Waals surface area (Å²) in [4.78, 5) is 1.30. The van der Waals surface area contributed by atoms with Crippen molar-refractivity contribution in [2.75, 3.05) is 0 Å². The van der Waals surface area contributed by atoms with E-state index in [0.29, 0.717) is 0 Å². The van der Waals surface area contributed by atoms with Gasteiger partial charge in [0.1, 0.15) is 0 Å². The normalized spacial score (nSPS) is 10.1. The van der Waals surface area contributed by atoms with Crippen molar-refractivity contribution < 1.29 is 37.7 Å². The van der Waals surface area contributed by atoms with Crippen LogP contribution >= 0.6 is 19.7 Å². The second-order valence-corrected chi connectivity index (χ2v) is 10.5. The fourth-order valence-corrected chi connectivity index (χ4v) is 6.23. The first-order valence-corrected chi connectivity index (χ1v) is 13.5. The van der Waals surface area contributed by atoms with Gasteiger partial charge in [-0.25, -0.2) is 0 Å². The van der Waals surface area contributed by atoms with Crippen LogP contribution in [-0.2, 0) is 32.3 Å². The van der Waals surface area contributed by atoms with E-state index in [0.717, 1.165) is 11.9 Å². The third-order valence-corrected chi connectivity index (χ3v) is 8.08. The van der Waals surface area contributed by atoms with Gasteiger partial charge in [-0.05, 0) is 36.8 Å². The topological polar surface area (TPSA) is 23.8 Å². The van der Waals surface area contributed by atoms with Crippen LogP contribution in [0, 0.1) is 17.4 Å². The van der Waals surface area contributed by atoms with Crippen LogP contribution in [0.1, 0.15) is 18.1 Å². The fraction of sp³-hybridized carbons (Fsp3) is 0.107. The largest absolute Gasteiger partial charge is 2.00 e. The molecule has 0 unspecified atom stereocenters. The van der Waals surface area contributed by atoms with Crippen molar-refractivity contribution in [1.82, 2.24) is 0 Å². The quantitative estimate of drug-likeness (QED) is 0.0675. The van der Waals surface area contributed by atoms with Crippen molar-refractivity contribution in [2.45, 2.75) is 23.7 Å². The van der Waals surface area contributed by atoms with E-state index in [1.807, 2.05) is 11.8 Å². The molecule has 9 heteroatoms. The van der Waals surface area contributed by atoms with E-state index in [1.165, 1.54) is 33.6 Å². The standard InChI is InChI=1S/C26H22PS.C2H3N.BF4.Pd/c1-4-13-24(14-5-1)27(25-15-6-2-7-16-25)20-22-11-10-12-23(19-22)21-28-26-17-8-3-9-18-26;1-2-3;2-1(3,4)5;/h1-18H,20-21H2;1H3;;/q-1;;-1;+2. The predicted octanol–water partition coefficient (Wildman–Crippen LogP) is 8.24. The summed E-state index contributed by atoms with van der Waals surface area (Å²) in [5.41, 5.74) is 2.56. The summed E-state index contributed by atoms with van der Waals surface area (Å²) < 4.78 is 39.0. The molecular formula is C28H25BF4NPPdS. The first kappa shape index (κ1) is 32.6. The van der Waals surface area contributed by atoms with Gasteiger partial charge in [-0.15, -0.1) is 11.8 Å². The maximum atomic E-state index is 9.75. The Balaban J connectivity index is 0.000000671. The van der Waals surface area contributed by atoms with Gasteiger partial charge in [0.05, 0.1) is 6.07 Å². The van der Waals surface area contributed by atoms with Gasteiger partial charge in [0, 0.05) is 17.6 Å². The van der Waals surface area contributed by atoms with Crippen LogP contribution in [0.3, 0.4) is 0 Å². The van der Waals surface area contributed by atoms with E-state index in [-0.39, 0.29) is 20.4 Å². The number of halogens is 4. The van der Waals surface area contributed by atoms with E-state index < -0.39 is 15.2 Å². The van der Waals surface area contributed by atoms with Crippen molar-refractivity contribution in [3.63, 3.8) is 0 Å². The van der Waals surface area contributed by atoms with Crippen LogP contribution in [0.5, 0.6) is 0 Å². The second kappa shape index (κ2) is 17.9. The molecule has 0 aromatic heterocycles. The smallest absolute Gasteiger partial charge is 0.418 e. The fourth-order valence-electron chi connectivity index (χ4n) is 3.14. The first-order valence-electron chi connectivity index (χ1n) is 11.0. The molecule has 37 heavy (non-hydrogen) atoms. The zero-order chi connectivity index (χ0) is 26.2. The maximum Gasteiger partial charge on any atom is 2.00 e. The molecule has 0 aliphatic carbocycles. The van der Waals surface area contributed by atoms with E-state index in [4.69, 9.17) is 5.26 Å². The van der Waals surface area contributed by atoms with Crippen molar-refractivity contribution >= 4 is 37.5 Å². The first-order chi connectivity index (χ1) is 17.3. The monoisotopic (exact) mass is 631 g/mol. The summed E-state index contributed by atoms with van der Waals surface area (Å²) in [6.07, 6.45) is 1.02. The number of hydrogen-bond acceptors (Lipinski definition) is 2. The summed E-state index contributed by atoms with van der Waals surface area (Å²) >= 11 is 1.87. The molecule has 0 spiro atoms. The number of thioether (sulfide) groups is 1. The summed E-state index contributed by atoms with van der Waals surface area (Å²) in [6, 6.07) is 44.4. The van der Waals surface area contributed by atoms with Crippen LogP contribution in [0.2, 0.25) is 0 Å². The molecule has 0 amide bonds. The average Bonchev–Trinajstić information content (AvgIpc) is 2.87. The third-order valence-electron chi connectivity index (χ3n) is 4.52.